The first-order valence-electron chi connectivity index (χ1n) is 9.96. The summed E-state index contributed by atoms with van der Waals surface area (Å²) in [5.74, 6) is -3.32. The van der Waals surface area contributed by atoms with Gasteiger partial charge in [-0.1, -0.05) is 0 Å². The van der Waals surface area contributed by atoms with Crippen LogP contribution in [0.25, 0.3) is 0 Å². The Morgan fingerprint density at radius 2 is 1.23 bits per heavy atom. The highest BCUT2D eigenvalue weighted by Gasteiger charge is 2.27. The third-order valence-corrected chi connectivity index (χ3v) is 3.55. The predicted octanol–water partition coefficient (Wildman–Crippen LogP) is 1.10. The number of carboxylic acids is 1. The monoisotopic (exact) mass is 445 g/mol. The first-order valence-corrected chi connectivity index (χ1v) is 9.96. The van der Waals surface area contributed by atoms with Crippen LogP contribution in [-0.2, 0) is 28.7 Å². The third-order valence-electron chi connectivity index (χ3n) is 3.55. The molecule has 0 radical (unpaired) electrons. The van der Waals surface area contributed by atoms with Crippen molar-refractivity contribution in [1.82, 2.24) is 16.0 Å². The van der Waals surface area contributed by atoms with Gasteiger partial charge in [-0.25, -0.2) is 9.59 Å². The fraction of sp³-hybridized carbons (Fsp3) is 0.750. The van der Waals surface area contributed by atoms with Gasteiger partial charge >= 0.3 is 18.0 Å². The van der Waals surface area contributed by atoms with Gasteiger partial charge in [0, 0.05) is 6.42 Å². The average molecular weight is 446 g/mol. The summed E-state index contributed by atoms with van der Waals surface area (Å²) in [4.78, 5) is 59.4. The van der Waals surface area contributed by atoms with Crippen LogP contribution >= 0.6 is 0 Å². The number of hydrogen-bond donors (Lipinski definition) is 4. The zero-order valence-electron chi connectivity index (χ0n) is 19.5. The van der Waals surface area contributed by atoms with Gasteiger partial charge in [-0.2, -0.15) is 0 Å². The molecule has 3 amide bonds. The highest BCUT2D eigenvalue weighted by molar-refractivity contribution is 5.92. The van der Waals surface area contributed by atoms with E-state index in [1.54, 1.807) is 41.5 Å². The van der Waals surface area contributed by atoms with Crippen LogP contribution < -0.4 is 16.0 Å². The third kappa shape index (κ3) is 13.1. The van der Waals surface area contributed by atoms with Crippen LogP contribution in [0.15, 0.2) is 0 Å². The van der Waals surface area contributed by atoms with Crippen molar-refractivity contribution in [2.45, 2.75) is 97.6 Å². The van der Waals surface area contributed by atoms with E-state index in [-0.39, 0.29) is 12.8 Å². The lowest BCUT2D eigenvalue weighted by molar-refractivity contribution is -0.155. The van der Waals surface area contributed by atoms with Gasteiger partial charge in [-0.15, -0.1) is 0 Å². The highest BCUT2D eigenvalue weighted by Crippen LogP contribution is 2.10. The van der Waals surface area contributed by atoms with Crippen LogP contribution in [0.1, 0.15) is 68.2 Å². The second-order valence-electron chi connectivity index (χ2n) is 9.12. The fourth-order valence-electron chi connectivity index (χ4n) is 2.16. The number of aliphatic carboxylic acids is 1. The number of alkyl carbamates (subject to hydrolysis) is 1. The van der Waals surface area contributed by atoms with Gasteiger partial charge in [0.25, 0.3) is 0 Å². The van der Waals surface area contributed by atoms with E-state index >= 15 is 0 Å². The molecule has 0 heterocycles. The minimum atomic E-state index is -1.34. The number of carboxylic acid groups (broad SMARTS) is 1. The summed E-state index contributed by atoms with van der Waals surface area (Å²) in [5, 5.41) is 16.3. The van der Waals surface area contributed by atoms with E-state index < -0.39 is 59.2 Å². The van der Waals surface area contributed by atoms with Gasteiger partial charge in [0.2, 0.25) is 11.8 Å². The molecular formula is C20H35N3O8. The van der Waals surface area contributed by atoms with E-state index in [1.165, 1.54) is 13.8 Å². The van der Waals surface area contributed by atoms with Gasteiger partial charge in [0.05, 0.1) is 0 Å². The van der Waals surface area contributed by atoms with Crippen molar-refractivity contribution in [3.63, 3.8) is 0 Å². The molecular weight excluding hydrogens is 410 g/mol. The summed E-state index contributed by atoms with van der Waals surface area (Å²) in [6.45, 7) is 12.8. The van der Waals surface area contributed by atoms with Crippen LogP contribution in [0.4, 0.5) is 4.79 Å². The molecule has 11 heteroatoms. The Morgan fingerprint density at radius 3 is 1.68 bits per heavy atom. The molecule has 4 N–H and O–H groups in total. The molecule has 0 aliphatic carbocycles. The smallest absolute Gasteiger partial charge is 0.408 e. The molecule has 0 bridgehead atoms. The van der Waals surface area contributed by atoms with Crippen molar-refractivity contribution in [3.05, 3.63) is 0 Å². The maximum Gasteiger partial charge on any atom is 0.408 e. The average Bonchev–Trinajstić information content (AvgIpc) is 2.54. The number of hydrogen-bond acceptors (Lipinski definition) is 7. The molecule has 0 aromatic heterocycles. The van der Waals surface area contributed by atoms with Crippen molar-refractivity contribution in [1.29, 1.82) is 0 Å². The van der Waals surface area contributed by atoms with Gasteiger partial charge in [-0.05, 0) is 61.8 Å². The van der Waals surface area contributed by atoms with Crippen LogP contribution in [0.3, 0.4) is 0 Å². The highest BCUT2D eigenvalue weighted by atomic mass is 16.6. The zero-order valence-corrected chi connectivity index (χ0v) is 19.5. The van der Waals surface area contributed by atoms with Crippen molar-refractivity contribution >= 4 is 29.8 Å². The number of carbonyl (C=O) groups is 5. The van der Waals surface area contributed by atoms with Gasteiger partial charge in [0.1, 0.15) is 29.3 Å². The van der Waals surface area contributed by atoms with E-state index in [0.717, 1.165) is 0 Å². The second-order valence-corrected chi connectivity index (χ2v) is 9.12. The molecule has 0 aromatic rings. The van der Waals surface area contributed by atoms with E-state index in [4.69, 9.17) is 9.47 Å². The molecule has 0 aromatic carbocycles. The maximum absolute atomic E-state index is 12.3. The lowest BCUT2D eigenvalue weighted by atomic mass is 10.1. The quantitative estimate of drug-likeness (QED) is 0.384. The summed E-state index contributed by atoms with van der Waals surface area (Å²) < 4.78 is 10.2. The Balaban J connectivity index is 4.71. The Bertz CT molecular complexity index is 679. The molecule has 0 rings (SSSR count). The molecule has 0 saturated heterocycles. The van der Waals surface area contributed by atoms with Crippen LogP contribution in [-0.4, -0.2) is 64.3 Å². The van der Waals surface area contributed by atoms with Crippen molar-refractivity contribution in [2.24, 2.45) is 0 Å². The normalized spacial score (nSPS) is 14.5. The fourth-order valence-corrected chi connectivity index (χ4v) is 2.16. The molecule has 0 fully saturated rings. The van der Waals surface area contributed by atoms with E-state index in [0.29, 0.717) is 0 Å². The number of rotatable bonds is 9. The standard InChI is InChI=1S/C20H35N3O8/c1-11(21-15(25)12(2)22-18(29)31-20(6,7)8)16(26)23-13(17(27)28)9-10-14(24)30-19(3,4)5/h11-13H,9-10H2,1-8H3,(H,21,25)(H,22,29)(H,23,26)(H,27,28)/t11-,12-,13-/m0/s1. The molecule has 0 aliphatic rings. The van der Waals surface area contributed by atoms with Crippen LogP contribution in [0.5, 0.6) is 0 Å². The zero-order chi connectivity index (χ0) is 24.6. The molecule has 0 unspecified atom stereocenters. The largest absolute Gasteiger partial charge is 0.480 e. The Hall–Kier alpha value is -2.85. The number of amides is 3. The SMILES string of the molecule is C[C@H](NC(=O)OC(C)(C)C)C(=O)N[C@@H](C)C(=O)N[C@@H](CCC(=O)OC(C)(C)C)C(=O)O. The molecule has 178 valence electrons. The van der Waals surface area contributed by atoms with Gasteiger partial charge in [0.15, 0.2) is 0 Å². The number of nitrogens with one attached hydrogen (secondary N) is 3. The maximum atomic E-state index is 12.3. The van der Waals surface area contributed by atoms with Crippen LogP contribution in [0.2, 0.25) is 0 Å². The number of ether oxygens (including phenoxy) is 2. The first kappa shape index (κ1) is 28.1. The summed E-state index contributed by atoms with van der Waals surface area (Å²) in [6, 6.07) is -3.41. The van der Waals surface area contributed by atoms with Gasteiger partial charge < -0.3 is 30.5 Å². The Morgan fingerprint density at radius 1 is 0.774 bits per heavy atom. The predicted molar refractivity (Wildman–Crippen MR) is 111 cm³/mol. The molecule has 0 aliphatic heterocycles. The molecule has 3 atom stereocenters. The summed E-state index contributed by atoms with van der Waals surface area (Å²) in [5.41, 5.74) is -1.44. The van der Waals surface area contributed by atoms with Gasteiger partial charge in [-0.3, -0.25) is 14.4 Å². The second kappa shape index (κ2) is 11.5. The summed E-state index contributed by atoms with van der Waals surface area (Å²) in [6.07, 6.45) is -1.17. The number of carbonyl (C=O) groups excluding carboxylic acids is 4. The topological polar surface area (TPSA) is 160 Å². The molecule has 0 saturated carbocycles. The lowest BCUT2D eigenvalue weighted by Gasteiger charge is -2.23. The summed E-state index contributed by atoms with van der Waals surface area (Å²) >= 11 is 0. The van der Waals surface area contributed by atoms with E-state index in [1.807, 2.05) is 0 Å². The molecule has 11 nitrogen and oxygen atoms in total. The first-order chi connectivity index (χ1) is 13.9. The minimum absolute atomic E-state index is 0.173. The molecule has 31 heavy (non-hydrogen) atoms. The van der Waals surface area contributed by atoms with Crippen LogP contribution in [0, 0.1) is 0 Å². The number of esters is 1. The van der Waals surface area contributed by atoms with Crippen molar-refractivity contribution in [2.75, 3.05) is 0 Å². The van der Waals surface area contributed by atoms with Crippen molar-refractivity contribution < 1.29 is 38.6 Å². The lowest BCUT2D eigenvalue weighted by Crippen LogP contribution is -2.54. The molecule has 0 spiro atoms. The Kier molecular flexibility index (Phi) is 10.5. The minimum Gasteiger partial charge on any atom is -0.480 e. The summed E-state index contributed by atoms with van der Waals surface area (Å²) in [7, 11) is 0. The van der Waals surface area contributed by atoms with E-state index in [9.17, 15) is 29.1 Å². The van der Waals surface area contributed by atoms with E-state index in [2.05, 4.69) is 16.0 Å². The Labute approximate surface area is 182 Å². The van der Waals surface area contributed by atoms with Crippen molar-refractivity contribution in [3.8, 4) is 0 Å².